The Morgan fingerprint density at radius 2 is 1.36 bits per heavy atom. The van der Waals surface area contributed by atoms with Crippen molar-refractivity contribution in [1.29, 1.82) is 0 Å². The molecule has 1 aromatic heterocycles. The minimum atomic E-state index is -0.745. The van der Waals surface area contributed by atoms with Crippen LogP contribution in [0.2, 0.25) is 0 Å². The third-order valence-electron chi connectivity index (χ3n) is 13.9. The van der Waals surface area contributed by atoms with E-state index in [1.807, 2.05) is 118 Å². The molecule has 4 atom stereocenters. The second kappa shape index (κ2) is 20.3. The second-order valence-electron chi connectivity index (χ2n) is 20.1. The lowest BCUT2D eigenvalue weighted by Crippen LogP contribution is -2.40. The number of para-hydroxylation sites is 2. The number of rotatable bonds is 18. The van der Waals surface area contributed by atoms with Gasteiger partial charge in [-0.3, -0.25) is 29.4 Å². The Morgan fingerprint density at radius 3 is 2.04 bits per heavy atom. The van der Waals surface area contributed by atoms with Crippen LogP contribution in [0.25, 0.3) is 0 Å². The van der Waals surface area contributed by atoms with E-state index in [-0.39, 0.29) is 43.5 Å². The normalized spacial score (nSPS) is 19.5. The number of aromatic hydroxyl groups is 2. The van der Waals surface area contributed by atoms with E-state index >= 15 is 0 Å². The number of aliphatic imine (C=N–C) groups is 2. The molecule has 4 unspecified atom stereocenters. The molecule has 4 aliphatic heterocycles. The molecular formula is C57H59N5O12. The summed E-state index contributed by atoms with van der Waals surface area (Å²) >= 11 is 0. The molecule has 5 heterocycles. The van der Waals surface area contributed by atoms with Crippen LogP contribution in [-0.4, -0.2) is 101 Å². The predicted molar refractivity (Wildman–Crippen MR) is 276 cm³/mol. The zero-order valence-electron chi connectivity index (χ0n) is 42.1. The number of hydrogen-bond acceptors (Lipinski definition) is 14. The molecule has 2 N–H and O–H groups in total. The number of carbonyl (C=O) groups excluding carboxylic acids is 3. The number of benzene rings is 4. The number of carbonyl (C=O) groups is 3. The maximum Gasteiger partial charge on any atom is 0.333 e. The van der Waals surface area contributed by atoms with Crippen molar-refractivity contribution in [2.75, 3.05) is 30.6 Å². The van der Waals surface area contributed by atoms with Crippen LogP contribution >= 0.6 is 0 Å². The third kappa shape index (κ3) is 10.3. The summed E-state index contributed by atoms with van der Waals surface area (Å²) in [7, 11) is 3.12. The molecule has 0 fully saturated rings. The van der Waals surface area contributed by atoms with Gasteiger partial charge in [-0.15, -0.1) is 4.73 Å². The Balaban J connectivity index is 0.858. The number of methoxy groups -OCH3 is 2. The van der Waals surface area contributed by atoms with Gasteiger partial charge in [-0.25, -0.2) is 4.79 Å². The van der Waals surface area contributed by atoms with Crippen LogP contribution < -0.4 is 28.8 Å². The molecule has 0 saturated carbocycles. The van der Waals surface area contributed by atoms with Crippen molar-refractivity contribution in [3.63, 3.8) is 0 Å². The lowest BCUT2D eigenvalue weighted by molar-refractivity contribution is -0.147. The quantitative estimate of drug-likeness (QED) is 0.0855. The Kier molecular flexibility index (Phi) is 13.7. The molecule has 0 saturated heterocycles. The number of ether oxygens (including phenoxy) is 6. The highest BCUT2D eigenvalue weighted by Crippen LogP contribution is 2.42. The highest BCUT2D eigenvalue weighted by Gasteiger charge is 2.40. The summed E-state index contributed by atoms with van der Waals surface area (Å²) < 4.78 is 38.5. The first-order valence-electron chi connectivity index (χ1n) is 24.7. The van der Waals surface area contributed by atoms with E-state index in [9.17, 15) is 24.6 Å². The van der Waals surface area contributed by atoms with Crippen LogP contribution in [0.5, 0.6) is 29.0 Å². The van der Waals surface area contributed by atoms with Gasteiger partial charge in [-0.05, 0) is 105 Å². The van der Waals surface area contributed by atoms with E-state index in [4.69, 9.17) is 43.2 Å². The van der Waals surface area contributed by atoms with Crippen molar-refractivity contribution < 1.29 is 57.9 Å². The topological polar surface area (TPSA) is 192 Å². The van der Waals surface area contributed by atoms with Crippen molar-refractivity contribution in [2.45, 2.75) is 109 Å². The van der Waals surface area contributed by atoms with E-state index in [1.54, 1.807) is 30.2 Å². The van der Waals surface area contributed by atoms with Gasteiger partial charge >= 0.3 is 5.97 Å². The van der Waals surface area contributed by atoms with Crippen LogP contribution in [0.15, 0.2) is 124 Å². The maximum atomic E-state index is 14.1. The average molecular weight is 1010 g/mol. The number of nitrogens with zero attached hydrogens (tertiary/aromatic N) is 5. The number of hydrogen-bond donors (Lipinski definition) is 2. The molecule has 74 heavy (non-hydrogen) atoms. The minimum Gasteiger partial charge on any atom is -0.493 e. The Labute approximate surface area is 428 Å². The van der Waals surface area contributed by atoms with Gasteiger partial charge in [0.1, 0.15) is 30.2 Å². The van der Waals surface area contributed by atoms with Crippen molar-refractivity contribution in [3.8, 4) is 29.0 Å². The Bertz CT molecular complexity index is 3110. The van der Waals surface area contributed by atoms with Crippen LogP contribution in [0, 0.1) is 0 Å². The van der Waals surface area contributed by atoms with Gasteiger partial charge in [0.15, 0.2) is 11.5 Å². The lowest BCUT2D eigenvalue weighted by atomic mass is 9.97. The summed E-state index contributed by atoms with van der Waals surface area (Å²) in [6.07, 6.45) is 8.24. The molecule has 2 amide bonds. The average Bonchev–Trinajstić information content (AvgIpc) is 4.00. The maximum absolute atomic E-state index is 14.1. The Hall–Kier alpha value is -7.73. The molecule has 5 aliphatic rings. The minimum absolute atomic E-state index is 0.0274. The fraction of sp³-hybridized carbons (Fsp3) is 0.351. The number of aromatic nitrogens is 1. The zero-order valence-corrected chi connectivity index (χ0v) is 42.1. The van der Waals surface area contributed by atoms with Crippen LogP contribution in [-0.2, 0) is 49.9 Å². The number of anilines is 2. The van der Waals surface area contributed by atoms with E-state index in [0.29, 0.717) is 76.8 Å². The van der Waals surface area contributed by atoms with Gasteiger partial charge in [0, 0.05) is 68.4 Å². The highest BCUT2D eigenvalue weighted by molar-refractivity contribution is 6.15. The first-order valence-corrected chi connectivity index (χ1v) is 24.7. The van der Waals surface area contributed by atoms with Gasteiger partial charge in [0.25, 0.3) is 11.8 Å². The first-order chi connectivity index (χ1) is 35.6. The molecule has 10 rings (SSSR count). The van der Waals surface area contributed by atoms with Crippen LogP contribution in [0.3, 0.4) is 0 Å². The molecule has 5 aromatic rings. The van der Waals surface area contributed by atoms with Gasteiger partial charge in [0.2, 0.25) is 11.8 Å². The molecule has 1 aliphatic carbocycles. The molecule has 17 nitrogen and oxygen atoms in total. The Morgan fingerprint density at radius 1 is 0.716 bits per heavy atom. The molecule has 384 valence electrons. The predicted octanol–water partition coefficient (Wildman–Crippen LogP) is 8.32. The zero-order chi connectivity index (χ0) is 51.9. The lowest BCUT2D eigenvalue weighted by Gasteiger charge is -2.30. The van der Waals surface area contributed by atoms with Gasteiger partial charge in [0.05, 0.1) is 67.0 Å². The second-order valence-corrected chi connectivity index (χ2v) is 20.1. The largest absolute Gasteiger partial charge is 0.493 e. The van der Waals surface area contributed by atoms with E-state index < -0.39 is 41.1 Å². The van der Waals surface area contributed by atoms with Crippen molar-refractivity contribution in [1.82, 2.24) is 4.73 Å². The summed E-state index contributed by atoms with van der Waals surface area (Å²) in [5.74, 6) is -0.419. The van der Waals surface area contributed by atoms with E-state index in [0.717, 1.165) is 33.6 Å². The molecule has 0 radical (unpaired) electrons. The number of fused-ring (bicyclic) bond motifs is 8. The monoisotopic (exact) mass is 1010 g/mol. The van der Waals surface area contributed by atoms with Crippen molar-refractivity contribution >= 4 is 47.3 Å². The summed E-state index contributed by atoms with van der Waals surface area (Å²) in [6.45, 7) is 8.17. The van der Waals surface area contributed by atoms with Gasteiger partial charge in [-0.1, -0.05) is 36.4 Å². The first kappa shape index (κ1) is 49.8. The van der Waals surface area contributed by atoms with Gasteiger partial charge in [-0.2, -0.15) is 0 Å². The summed E-state index contributed by atoms with van der Waals surface area (Å²) in [6, 6.07) is 27.0. The molecule has 0 bridgehead atoms. The van der Waals surface area contributed by atoms with Crippen LogP contribution in [0.1, 0.15) is 79.6 Å². The van der Waals surface area contributed by atoms with Gasteiger partial charge < -0.3 is 43.5 Å². The smallest absolute Gasteiger partial charge is 0.333 e. The summed E-state index contributed by atoms with van der Waals surface area (Å²) in [4.78, 5) is 59.1. The van der Waals surface area contributed by atoms with E-state index in [2.05, 4.69) is 0 Å². The SMILES string of the molecule is COc1cc2c(cc1OCc1cc(COC3C=C4N=CC5Cc6ccccc6N5C(=O)C4=CC3OC)cc(OC(C)(C)CCOC(C)(C)CCC(=O)On3c(O)ccc3O)c1)N=CC1Cc3ccccc3N1C2=O. The summed E-state index contributed by atoms with van der Waals surface area (Å²) in [5, 5.41) is 19.7. The molecule has 4 aromatic carbocycles. The number of amides is 2. The standard InChI is InChI=1S/C57H59N5O12/c1-56(2,18-17-53(65)74-62-51(63)15-16-52(62)64)72-20-19-57(3,4)73-40-22-34(32-70-49-28-43-41(26-47(49)68-5)54(66)60-38(30-58-43)24-36-11-7-9-13-45(36)60)21-35(23-40)33-71-50-29-44-42(27-48(50)69-6)55(67)61-39(31-59-44)25-37-12-8-10-14-46(37)61/h7-16,21-23,26-31,38-39,47,49,63-64H,17-20,24-25,32-33H2,1-6H3. The van der Waals surface area contributed by atoms with E-state index in [1.165, 1.54) is 19.2 Å². The molecule has 0 spiro atoms. The van der Waals surface area contributed by atoms with Crippen molar-refractivity contribution in [2.24, 2.45) is 9.98 Å². The fourth-order valence-electron chi connectivity index (χ4n) is 9.97. The fourth-order valence-corrected chi connectivity index (χ4v) is 9.97. The summed E-state index contributed by atoms with van der Waals surface area (Å²) in [5.41, 5.74) is 5.88. The highest BCUT2D eigenvalue weighted by atomic mass is 16.7. The van der Waals surface area contributed by atoms with Crippen LogP contribution in [0.4, 0.5) is 17.1 Å². The van der Waals surface area contributed by atoms with Crippen molar-refractivity contribution in [3.05, 3.63) is 142 Å². The third-order valence-corrected chi connectivity index (χ3v) is 13.9. The molecule has 17 heteroatoms. The molecular weight excluding hydrogens is 947 g/mol.